The summed E-state index contributed by atoms with van der Waals surface area (Å²) in [6.07, 6.45) is 4.18. The summed E-state index contributed by atoms with van der Waals surface area (Å²) in [5.74, 6) is -0.242. The van der Waals surface area contributed by atoms with Crippen molar-refractivity contribution in [1.29, 1.82) is 0 Å². The molecule has 2 N–H and O–H groups in total. The van der Waals surface area contributed by atoms with Crippen LogP contribution in [0.5, 0.6) is 0 Å². The first kappa shape index (κ1) is 21.7. The van der Waals surface area contributed by atoms with Crippen molar-refractivity contribution in [3.63, 3.8) is 0 Å². The molecule has 0 radical (unpaired) electrons. The number of ether oxygens (including phenoxy) is 1. The van der Waals surface area contributed by atoms with E-state index in [1.54, 1.807) is 12.1 Å². The predicted octanol–water partition coefficient (Wildman–Crippen LogP) is 3.20. The molecule has 0 spiro atoms. The van der Waals surface area contributed by atoms with Gasteiger partial charge in [-0.3, -0.25) is 14.3 Å². The first-order valence-corrected chi connectivity index (χ1v) is 10.0. The molecule has 3 aromatic rings. The number of unbranched alkanes of at least 4 members (excludes halogenated alkanes) is 2. The molecule has 7 heteroatoms. The van der Waals surface area contributed by atoms with Crippen LogP contribution in [0.4, 0.5) is 4.39 Å². The van der Waals surface area contributed by atoms with Crippen LogP contribution in [0.3, 0.4) is 0 Å². The van der Waals surface area contributed by atoms with Crippen molar-refractivity contribution in [2.24, 2.45) is 0 Å². The minimum Gasteiger partial charge on any atom is -0.361 e. The molecule has 0 amide bonds. The molecule has 0 saturated heterocycles. The van der Waals surface area contributed by atoms with Gasteiger partial charge in [0, 0.05) is 18.9 Å². The number of hydrogen-bond acceptors (Lipinski definition) is 4. The summed E-state index contributed by atoms with van der Waals surface area (Å²) in [5, 5.41) is 3.52. The second kappa shape index (κ2) is 11.2. The molecule has 1 heterocycles. The van der Waals surface area contributed by atoms with Crippen molar-refractivity contribution in [2.75, 3.05) is 13.2 Å². The van der Waals surface area contributed by atoms with Crippen LogP contribution in [0.1, 0.15) is 36.4 Å². The molecule has 0 fully saturated rings. The Hall–Kier alpha value is -3.03. The standard InChI is InChI=1S/C23H26FN3O3/c24-20-11-7-10-19(16-20)22(18-8-3-1-4-9-18)25-13-5-2-6-15-30-17-27-14-12-21(28)26-23(27)29/h1,3-4,7-12,14,16,22,25H,2,5-6,13,15,17H2,(H,26,28,29). The number of aromatic amines is 1. The third kappa shape index (κ3) is 6.50. The van der Waals surface area contributed by atoms with E-state index in [4.69, 9.17) is 4.74 Å². The Balaban J connectivity index is 1.41. The van der Waals surface area contributed by atoms with E-state index in [0.29, 0.717) is 6.61 Å². The lowest BCUT2D eigenvalue weighted by atomic mass is 9.98. The predicted molar refractivity (Wildman–Crippen MR) is 114 cm³/mol. The molecule has 0 aliphatic heterocycles. The Morgan fingerprint density at radius 3 is 2.53 bits per heavy atom. The maximum absolute atomic E-state index is 13.7. The van der Waals surface area contributed by atoms with Gasteiger partial charge in [-0.15, -0.1) is 0 Å². The lowest BCUT2D eigenvalue weighted by molar-refractivity contribution is 0.0707. The van der Waals surface area contributed by atoms with Gasteiger partial charge in [0.1, 0.15) is 12.5 Å². The lowest BCUT2D eigenvalue weighted by Gasteiger charge is -2.20. The number of nitrogens with one attached hydrogen (secondary N) is 2. The number of hydrogen-bond donors (Lipinski definition) is 2. The van der Waals surface area contributed by atoms with Crippen LogP contribution in [-0.2, 0) is 11.5 Å². The van der Waals surface area contributed by atoms with Gasteiger partial charge in [-0.25, -0.2) is 9.18 Å². The maximum atomic E-state index is 13.7. The molecular formula is C23H26FN3O3. The molecule has 0 aliphatic carbocycles. The largest absolute Gasteiger partial charge is 0.361 e. The summed E-state index contributed by atoms with van der Waals surface area (Å²) in [7, 11) is 0. The number of rotatable bonds is 11. The molecule has 0 bridgehead atoms. The first-order chi connectivity index (χ1) is 14.6. The van der Waals surface area contributed by atoms with Gasteiger partial charge in [0.15, 0.2) is 0 Å². The molecule has 158 valence electrons. The zero-order valence-corrected chi connectivity index (χ0v) is 16.7. The fourth-order valence-electron chi connectivity index (χ4n) is 3.22. The fourth-order valence-corrected chi connectivity index (χ4v) is 3.22. The Labute approximate surface area is 174 Å². The SMILES string of the molecule is O=c1ccn(COCCCCCNC(c2ccccc2)c2cccc(F)c2)c(=O)[nH]1. The van der Waals surface area contributed by atoms with E-state index >= 15 is 0 Å². The average molecular weight is 411 g/mol. The van der Waals surface area contributed by atoms with Crippen molar-refractivity contribution in [3.8, 4) is 0 Å². The van der Waals surface area contributed by atoms with Gasteiger partial charge >= 0.3 is 5.69 Å². The lowest BCUT2D eigenvalue weighted by Crippen LogP contribution is -2.29. The summed E-state index contributed by atoms with van der Waals surface area (Å²) < 4.78 is 20.5. The molecule has 30 heavy (non-hydrogen) atoms. The van der Waals surface area contributed by atoms with E-state index in [2.05, 4.69) is 10.3 Å². The Kier molecular flexibility index (Phi) is 8.11. The quantitative estimate of drug-likeness (QED) is 0.475. The number of aromatic nitrogens is 2. The van der Waals surface area contributed by atoms with E-state index in [1.165, 1.54) is 22.9 Å². The van der Waals surface area contributed by atoms with Gasteiger partial charge in [0.05, 0.1) is 6.04 Å². The normalized spacial score (nSPS) is 12.0. The zero-order chi connectivity index (χ0) is 21.2. The Morgan fingerprint density at radius 1 is 0.967 bits per heavy atom. The topological polar surface area (TPSA) is 76.1 Å². The summed E-state index contributed by atoms with van der Waals surface area (Å²) in [6.45, 7) is 1.43. The molecule has 0 aliphatic rings. The highest BCUT2D eigenvalue weighted by Gasteiger charge is 2.13. The summed E-state index contributed by atoms with van der Waals surface area (Å²) in [6, 6.07) is 17.9. The second-order valence-corrected chi connectivity index (χ2v) is 7.03. The highest BCUT2D eigenvalue weighted by molar-refractivity contribution is 5.31. The van der Waals surface area contributed by atoms with Gasteiger partial charge in [-0.2, -0.15) is 0 Å². The minimum absolute atomic E-state index is 0.0646. The number of halogens is 1. The highest BCUT2D eigenvalue weighted by Crippen LogP contribution is 2.22. The molecule has 1 unspecified atom stereocenters. The molecule has 1 aromatic heterocycles. The van der Waals surface area contributed by atoms with E-state index in [0.717, 1.165) is 36.9 Å². The smallest absolute Gasteiger partial charge is 0.330 e. The van der Waals surface area contributed by atoms with Crippen LogP contribution >= 0.6 is 0 Å². The van der Waals surface area contributed by atoms with Crippen molar-refractivity contribution in [3.05, 3.63) is 105 Å². The monoisotopic (exact) mass is 411 g/mol. The van der Waals surface area contributed by atoms with E-state index < -0.39 is 11.2 Å². The van der Waals surface area contributed by atoms with Crippen molar-refractivity contribution in [2.45, 2.75) is 32.0 Å². The van der Waals surface area contributed by atoms with Crippen molar-refractivity contribution < 1.29 is 9.13 Å². The molecule has 1 atom stereocenters. The van der Waals surface area contributed by atoms with Gasteiger partial charge in [0.2, 0.25) is 0 Å². The van der Waals surface area contributed by atoms with E-state index in [9.17, 15) is 14.0 Å². The van der Waals surface area contributed by atoms with E-state index in [-0.39, 0.29) is 18.6 Å². The number of benzene rings is 2. The summed E-state index contributed by atoms with van der Waals surface area (Å²) >= 11 is 0. The zero-order valence-electron chi connectivity index (χ0n) is 16.7. The van der Waals surface area contributed by atoms with E-state index in [1.807, 2.05) is 36.4 Å². The molecule has 0 saturated carbocycles. The highest BCUT2D eigenvalue weighted by atomic mass is 19.1. The molecule has 3 rings (SSSR count). The van der Waals surface area contributed by atoms with Crippen molar-refractivity contribution in [1.82, 2.24) is 14.9 Å². The van der Waals surface area contributed by atoms with Crippen LogP contribution in [-0.4, -0.2) is 22.7 Å². The second-order valence-electron chi connectivity index (χ2n) is 7.03. The van der Waals surface area contributed by atoms with Gasteiger partial charge in [0.25, 0.3) is 5.56 Å². The first-order valence-electron chi connectivity index (χ1n) is 10.0. The number of H-pyrrole nitrogens is 1. The Bertz CT molecular complexity index is 1030. The summed E-state index contributed by atoms with van der Waals surface area (Å²) in [4.78, 5) is 24.8. The van der Waals surface area contributed by atoms with Gasteiger partial charge in [-0.05, 0) is 49.1 Å². The van der Waals surface area contributed by atoms with Crippen LogP contribution in [0, 0.1) is 5.82 Å². The maximum Gasteiger partial charge on any atom is 0.330 e. The van der Waals surface area contributed by atoms with Crippen LogP contribution in [0.25, 0.3) is 0 Å². The third-order valence-electron chi connectivity index (χ3n) is 4.76. The summed E-state index contributed by atoms with van der Waals surface area (Å²) in [5.41, 5.74) is 1.10. The van der Waals surface area contributed by atoms with Crippen LogP contribution < -0.4 is 16.6 Å². The van der Waals surface area contributed by atoms with Gasteiger partial charge in [-0.1, -0.05) is 42.5 Å². The average Bonchev–Trinajstić information content (AvgIpc) is 2.74. The van der Waals surface area contributed by atoms with Crippen LogP contribution in [0.2, 0.25) is 0 Å². The van der Waals surface area contributed by atoms with Crippen LogP contribution in [0.15, 0.2) is 76.4 Å². The molecule has 2 aromatic carbocycles. The molecular weight excluding hydrogens is 385 g/mol. The third-order valence-corrected chi connectivity index (χ3v) is 4.76. The fraction of sp³-hybridized carbons (Fsp3) is 0.304. The Morgan fingerprint density at radius 2 is 1.77 bits per heavy atom. The number of nitrogens with zero attached hydrogens (tertiary/aromatic N) is 1. The minimum atomic E-state index is -0.476. The van der Waals surface area contributed by atoms with Gasteiger partial charge < -0.3 is 10.1 Å². The molecule has 6 nitrogen and oxygen atoms in total. The van der Waals surface area contributed by atoms with Crippen molar-refractivity contribution >= 4 is 0 Å².